The van der Waals surface area contributed by atoms with E-state index in [-0.39, 0.29) is 16.2 Å². The number of benzene rings is 7. The number of fused-ring (bicyclic) bond motifs is 9. The summed E-state index contributed by atoms with van der Waals surface area (Å²) in [7, 11) is 0. The molecule has 6 atom stereocenters. The first kappa shape index (κ1) is 35.7. The molecule has 0 radical (unpaired) electrons. The Bertz CT molecular complexity index is 2900. The molecule has 7 aromatic carbocycles. The van der Waals surface area contributed by atoms with Crippen molar-refractivity contribution in [3.8, 4) is 22.3 Å². The van der Waals surface area contributed by atoms with E-state index in [0.717, 1.165) is 23.7 Å². The minimum Gasteiger partial charge on any atom is -0.310 e. The van der Waals surface area contributed by atoms with Crippen molar-refractivity contribution in [3.05, 3.63) is 174 Å². The maximum Gasteiger partial charge on any atom is 0.0465 e. The number of hydrogen-bond donors (Lipinski definition) is 0. The van der Waals surface area contributed by atoms with Crippen molar-refractivity contribution in [1.29, 1.82) is 0 Å². The van der Waals surface area contributed by atoms with Gasteiger partial charge in [0.1, 0.15) is 0 Å². The first-order chi connectivity index (χ1) is 29.1. The van der Waals surface area contributed by atoms with E-state index in [1.165, 1.54) is 110 Å². The van der Waals surface area contributed by atoms with Gasteiger partial charge in [0.2, 0.25) is 0 Å². The molecule has 1 heterocycles. The molecule has 13 rings (SSSR count). The number of hydrogen-bond acceptors (Lipinski definition) is 2. The molecular formula is C58H53NS. The fourth-order valence-electron chi connectivity index (χ4n) is 14.4. The van der Waals surface area contributed by atoms with Gasteiger partial charge in [-0.15, -0.1) is 0 Å². The van der Waals surface area contributed by atoms with Crippen LogP contribution in [0.2, 0.25) is 0 Å². The SMILES string of the molecule is CC1(C)CCC(C)(C)c2cc(N(c3ccc(-c4ccc(-c5ccc6ccccc6c5)cc4)cc3)c3ccc4c(c3)C3(c5ccccc5S4)C4CC5CC6CC3C64C5)ccc21. The van der Waals surface area contributed by atoms with Crippen LogP contribution in [-0.2, 0) is 16.2 Å². The molecule has 0 amide bonds. The number of anilines is 3. The zero-order valence-corrected chi connectivity index (χ0v) is 36.2. The van der Waals surface area contributed by atoms with Gasteiger partial charge in [0.25, 0.3) is 0 Å². The maximum atomic E-state index is 2.67. The molecule has 6 aliphatic rings. The van der Waals surface area contributed by atoms with Crippen LogP contribution >= 0.6 is 11.8 Å². The molecule has 0 saturated heterocycles. The van der Waals surface area contributed by atoms with Crippen LogP contribution < -0.4 is 4.90 Å². The summed E-state index contributed by atoms with van der Waals surface area (Å²) in [5, 5.41) is 2.56. The molecule has 2 bridgehead atoms. The third-order valence-electron chi connectivity index (χ3n) is 17.2. The first-order valence-corrected chi connectivity index (χ1v) is 23.5. The van der Waals surface area contributed by atoms with E-state index in [4.69, 9.17) is 0 Å². The Hall–Kier alpha value is -5.05. The summed E-state index contributed by atoms with van der Waals surface area (Å²) in [5.41, 5.74) is 16.0. The summed E-state index contributed by atoms with van der Waals surface area (Å²) >= 11 is 2.02. The zero-order valence-electron chi connectivity index (χ0n) is 35.3. The van der Waals surface area contributed by atoms with Crippen LogP contribution in [0.1, 0.15) is 88.5 Å². The van der Waals surface area contributed by atoms with Crippen LogP contribution in [0.3, 0.4) is 0 Å². The second kappa shape index (κ2) is 12.3. The highest BCUT2D eigenvalue weighted by molar-refractivity contribution is 7.99. The van der Waals surface area contributed by atoms with Crippen LogP contribution in [-0.4, -0.2) is 0 Å². The third-order valence-corrected chi connectivity index (χ3v) is 18.4. The summed E-state index contributed by atoms with van der Waals surface area (Å²) in [5.74, 6) is 3.45. The van der Waals surface area contributed by atoms with Gasteiger partial charge in [0, 0.05) is 32.3 Å². The molecule has 5 aliphatic carbocycles. The third kappa shape index (κ3) is 4.72. The lowest BCUT2D eigenvalue weighted by atomic mass is 9.26. The lowest BCUT2D eigenvalue weighted by molar-refractivity contribution is -0.235. The molecule has 4 fully saturated rings. The highest BCUT2D eigenvalue weighted by Gasteiger charge is 2.84. The monoisotopic (exact) mass is 795 g/mol. The van der Waals surface area contributed by atoms with E-state index < -0.39 is 0 Å². The largest absolute Gasteiger partial charge is 0.310 e. The molecule has 60 heavy (non-hydrogen) atoms. The molecule has 7 aromatic rings. The van der Waals surface area contributed by atoms with Crippen LogP contribution in [0.15, 0.2) is 161 Å². The van der Waals surface area contributed by atoms with Gasteiger partial charge in [-0.25, -0.2) is 0 Å². The van der Waals surface area contributed by atoms with E-state index in [2.05, 4.69) is 184 Å². The van der Waals surface area contributed by atoms with E-state index in [9.17, 15) is 0 Å². The van der Waals surface area contributed by atoms with Gasteiger partial charge in [-0.05, 0) is 188 Å². The van der Waals surface area contributed by atoms with Crippen LogP contribution in [0.5, 0.6) is 0 Å². The molecule has 1 aliphatic heterocycles. The second-order valence-corrected chi connectivity index (χ2v) is 21.9. The van der Waals surface area contributed by atoms with E-state index in [0.29, 0.717) is 5.41 Å². The zero-order chi connectivity index (χ0) is 40.2. The average molecular weight is 796 g/mol. The Morgan fingerprint density at radius 3 is 1.82 bits per heavy atom. The van der Waals surface area contributed by atoms with Crippen LogP contribution in [0, 0.1) is 29.1 Å². The fourth-order valence-corrected chi connectivity index (χ4v) is 15.6. The standard InChI is InChI=1S/C58H53NS/c1-55(2)27-28-56(3,4)49-33-45(23-25-47(49)55)59(44-21-19-39(20-22-44)38-13-15-40(16-14-38)42-18-17-37-9-5-6-10-41(37)31-42)46-24-26-52-50(34-46)58(48-11-7-8-12-51(48)60-52)53-30-36-29-43-32-54(58)57(43,53)35-36/h5-26,31,33-34,36,43,53-54H,27-30,32,35H2,1-4H3. The minimum absolute atomic E-state index is 0.123. The average Bonchev–Trinajstić information content (AvgIpc) is 3.81. The molecule has 4 saturated carbocycles. The smallest absolute Gasteiger partial charge is 0.0465 e. The van der Waals surface area contributed by atoms with E-state index in [1.807, 2.05) is 11.8 Å². The van der Waals surface area contributed by atoms with E-state index in [1.54, 1.807) is 11.1 Å². The van der Waals surface area contributed by atoms with Crippen molar-refractivity contribution in [2.75, 3.05) is 4.90 Å². The lowest BCUT2D eigenvalue weighted by Gasteiger charge is -2.78. The minimum atomic E-state index is 0.123. The van der Waals surface area contributed by atoms with Gasteiger partial charge in [-0.3, -0.25) is 0 Å². The topological polar surface area (TPSA) is 3.24 Å². The molecule has 2 spiro atoms. The molecule has 2 heteroatoms. The van der Waals surface area contributed by atoms with Gasteiger partial charge in [0.15, 0.2) is 0 Å². The van der Waals surface area contributed by atoms with Crippen molar-refractivity contribution in [3.63, 3.8) is 0 Å². The van der Waals surface area contributed by atoms with Gasteiger partial charge in [-0.1, -0.05) is 137 Å². The number of nitrogens with zero attached hydrogens (tertiary/aromatic N) is 1. The summed E-state index contributed by atoms with van der Waals surface area (Å²) in [6, 6.07) is 58.5. The van der Waals surface area contributed by atoms with Crippen LogP contribution in [0.25, 0.3) is 33.0 Å². The fraction of sp³-hybridized carbons (Fsp3) is 0.310. The van der Waals surface area contributed by atoms with Gasteiger partial charge in [0.05, 0.1) is 0 Å². The van der Waals surface area contributed by atoms with Crippen molar-refractivity contribution in [2.24, 2.45) is 29.1 Å². The number of rotatable bonds is 5. The van der Waals surface area contributed by atoms with Gasteiger partial charge >= 0.3 is 0 Å². The first-order valence-electron chi connectivity index (χ1n) is 22.7. The molecule has 0 aromatic heterocycles. The van der Waals surface area contributed by atoms with Crippen molar-refractivity contribution in [1.82, 2.24) is 0 Å². The summed E-state index contributed by atoms with van der Waals surface area (Å²) in [6.45, 7) is 9.80. The van der Waals surface area contributed by atoms with Gasteiger partial charge < -0.3 is 4.90 Å². The second-order valence-electron chi connectivity index (χ2n) is 20.9. The molecule has 0 N–H and O–H groups in total. The maximum absolute atomic E-state index is 2.67. The quantitative estimate of drug-likeness (QED) is 0.171. The molecule has 296 valence electrons. The normalized spacial score (nSPS) is 27.9. The highest BCUT2D eigenvalue weighted by Crippen LogP contribution is 2.89. The van der Waals surface area contributed by atoms with Crippen molar-refractivity contribution < 1.29 is 0 Å². The highest BCUT2D eigenvalue weighted by atomic mass is 32.2. The predicted octanol–water partition coefficient (Wildman–Crippen LogP) is 15.8. The van der Waals surface area contributed by atoms with E-state index >= 15 is 0 Å². The summed E-state index contributed by atoms with van der Waals surface area (Å²) in [4.78, 5) is 5.56. The van der Waals surface area contributed by atoms with Crippen molar-refractivity contribution in [2.45, 2.75) is 92.3 Å². The lowest BCUT2D eigenvalue weighted by Crippen LogP contribution is -2.74. The van der Waals surface area contributed by atoms with Gasteiger partial charge in [-0.2, -0.15) is 0 Å². The Balaban J connectivity index is 0.923. The Morgan fingerprint density at radius 1 is 0.467 bits per heavy atom. The summed E-state index contributed by atoms with van der Waals surface area (Å²) in [6.07, 6.45) is 8.24. The Labute approximate surface area is 360 Å². The molecular weight excluding hydrogens is 743 g/mol. The van der Waals surface area contributed by atoms with Crippen LogP contribution in [0.4, 0.5) is 17.1 Å². The molecule has 6 unspecified atom stereocenters. The molecule has 1 nitrogen and oxygen atoms in total. The predicted molar refractivity (Wildman–Crippen MR) is 251 cm³/mol. The summed E-state index contributed by atoms with van der Waals surface area (Å²) < 4.78 is 0. The Morgan fingerprint density at radius 2 is 1.05 bits per heavy atom. The Kier molecular flexibility index (Phi) is 7.31. The van der Waals surface area contributed by atoms with Crippen molar-refractivity contribution >= 4 is 39.6 Å².